The molecule has 1 aromatic rings. The van der Waals surface area contributed by atoms with E-state index in [0.717, 1.165) is 30.4 Å². The van der Waals surface area contributed by atoms with Gasteiger partial charge < -0.3 is 9.84 Å². The van der Waals surface area contributed by atoms with Crippen molar-refractivity contribution in [3.8, 4) is 5.75 Å². The van der Waals surface area contributed by atoms with Gasteiger partial charge in [-0.1, -0.05) is 12.5 Å². The molecule has 21 heavy (non-hydrogen) atoms. The molecule has 2 amide bonds. The van der Waals surface area contributed by atoms with Crippen molar-refractivity contribution in [2.75, 3.05) is 7.11 Å². The molecule has 1 saturated carbocycles. The number of imide groups is 1. The lowest BCUT2D eigenvalue weighted by molar-refractivity contribution is -0.141. The Kier molecular flexibility index (Phi) is 3.68. The Morgan fingerprint density at radius 3 is 2.48 bits per heavy atom. The molecule has 112 valence electrons. The lowest BCUT2D eigenvalue weighted by Gasteiger charge is -2.18. The van der Waals surface area contributed by atoms with E-state index in [1.54, 1.807) is 25.3 Å². The van der Waals surface area contributed by atoms with Gasteiger partial charge in [-0.3, -0.25) is 14.5 Å². The summed E-state index contributed by atoms with van der Waals surface area (Å²) in [6, 6.07) is 5.31. The first-order valence-corrected chi connectivity index (χ1v) is 7.27. The van der Waals surface area contributed by atoms with Crippen LogP contribution in [0.25, 0.3) is 0 Å². The maximum atomic E-state index is 12.4. The molecule has 2 aliphatic rings. The monoisotopic (exact) mass is 289 g/mol. The zero-order valence-corrected chi connectivity index (χ0v) is 12.0. The van der Waals surface area contributed by atoms with Crippen molar-refractivity contribution in [3.05, 3.63) is 29.3 Å². The summed E-state index contributed by atoms with van der Waals surface area (Å²) >= 11 is 0. The van der Waals surface area contributed by atoms with Gasteiger partial charge in [0.2, 0.25) is 11.8 Å². The maximum absolute atomic E-state index is 12.4. The predicted molar refractivity (Wildman–Crippen MR) is 75.3 cm³/mol. The predicted octanol–water partition coefficient (Wildman–Crippen LogP) is 1.47. The zero-order valence-electron chi connectivity index (χ0n) is 12.0. The van der Waals surface area contributed by atoms with Crippen LogP contribution in [0.5, 0.6) is 5.75 Å². The number of benzene rings is 1. The molecule has 0 radical (unpaired) electrons. The van der Waals surface area contributed by atoms with Gasteiger partial charge in [0, 0.05) is 5.56 Å². The highest BCUT2D eigenvalue weighted by Gasteiger charge is 2.49. The first kappa shape index (κ1) is 14.1. The molecule has 1 saturated heterocycles. The number of rotatable bonds is 4. The topological polar surface area (TPSA) is 66.8 Å². The van der Waals surface area contributed by atoms with Crippen LogP contribution in [0.4, 0.5) is 0 Å². The first-order valence-electron chi connectivity index (χ1n) is 7.27. The van der Waals surface area contributed by atoms with Crippen LogP contribution >= 0.6 is 0 Å². The van der Waals surface area contributed by atoms with Crippen LogP contribution in [-0.2, 0) is 22.7 Å². The van der Waals surface area contributed by atoms with Crippen LogP contribution in [0.2, 0.25) is 0 Å². The van der Waals surface area contributed by atoms with E-state index < -0.39 is 0 Å². The normalized spacial score (nSPS) is 24.6. The summed E-state index contributed by atoms with van der Waals surface area (Å²) < 4.78 is 5.29. The number of aliphatic hydroxyl groups is 1. The van der Waals surface area contributed by atoms with E-state index in [9.17, 15) is 14.7 Å². The third-order valence-electron chi connectivity index (χ3n) is 4.54. The van der Waals surface area contributed by atoms with Gasteiger partial charge in [0.25, 0.3) is 0 Å². The summed E-state index contributed by atoms with van der Waals surface area (Å²) in [7, 11) is 1.56. The smallest absolute Gasteiger partial charge is 0.233 e. The molecule has 1 N–H and O–H groups in total. The van der Waals surface area contributed by atoms with Crippen LogP contribution in [0.15, 0.2) is 18.2 Å². The largest absolute Gasteiger partial charge is 0.496 e. The highest BCUT2D eigenvalue weighted by atomic mass is 16.5. The molecule has 1 aliphatic carbocycles. The second-order valence-corrected chi connectivity index (χ2v) is 5.71. The minimum Gasteiger partial charge on any atom is -0.496 e. The second kappa shape index (κ2) is 5.48. The van der Waals surface area contributed by atoms with Gasteiger partial charge in [-0.2, -0.15) is 0 Å². The van der Waals surface area contributed by atoms with Crippen molar-refractivity contribution < 1.29 is 19.4 Å². The van der Waals surface area contributed by atoms with E-state index >= 15 is 0 Å². The Labute approximate surface area is 123 Å². The summed E-state index contributed by atoms with van der Waals surface area (Å²) in [6.07, 6.45) is 2.60. The molecule has 2 unspecified atom stereocenters. The fraction of sp³-hybridized carbons (Fsp3) is 0.500. The Bertz CT molecular complexity index is 562. The highest BCUT2D eigenvalue weighted by molar-refractivity contribution is 6.05. The minimum atomic E-state index is -0.121. The van der Waals surface area contributed by atoms with Crippen molar-refractivity contribution in [2.24, 2.45) is 11.8 Å². The lowest BCUT2D eigenvalue weighted by Crippen LogP contribution is -2.31. The van der Waals surface area contributed by atoms with E-state index in [-0.39, 0.29) is 36.8 Å². The Morgan fingerprint density at radius 1 is 1.24 bits per heavy atom. The average Bonchev–Trinajstić information content (AvgIpc) is 3.07. The Morgan fingerprint density at radius 2 is 1.90 bits per heavy atom. The van der Waals surface area contributed by atoms with Gasteiger partial charge in [0.1, 0.15) is 5.75 Å². The van der Waals surface area contributed by atoms with Crippen LogP contribution in [-0.4, -0.2) is 28.9 Å². The van der Waals surface area contributed by atoms with E-state index in [2.05, 4.69) is 0 Å². The standard InChI is InChI=1S/C16H19NO4/c1-21-14-6-5-10(9-18)7-11(14)8-17-15(19)12-3-2-4-13(12)16(17)20/h5-7,12-13,18H,2-4,8-9H2,1H3. The summed E-state index contributed by atoms with van der Waals surface area (Å²) in [5, 5.41) is 9.23. The number of nitrogens with zero attached hydrogens (tertiary/aromatic N) is 1. The molecule has 5 heteroatoms. The van der Waals surface area contributed by atoms with Crippen molar-refractivity contribution >= 4 is 11.8 Å². The second-order valence-electron chi connectivity index (χ2n) is 5.71. The summed E-state index contributed by atoms with van der Waals surface area (Å²) in [6.45, 7) is 0.145. The number of hydrogen-bond acceptors (Lipinski definition) is 4. The minimum absolute atomic E-state index is 0.0565. The number of aliphatic hydroxyl groups excluding tert-OH is 1. The number of likely N-dealkylation sites (tertiary alicyclic amines) is 1. The average molecular weight is 289 g/mol. The van der Waals surface area contributed by atoms with Gasteiger partial charge in [-0.25, -0.2) is 0 Å². The molecule has 1 aromatic carbocycles. The maximum Gasteiger partial charge on any atom is 0.233 e. The molecule has 1 heterocycles. The van der Waals surface area contributed by atoms with Crippen LogP contribution < -0.4 is 4.74 Å². The van der Waals surface area contributed by atoms with Crippen LogP contribution in [0.3, 0.4) is 0 Å². The van der Waals surface area contributed by atoms with Gasteiger partial charge >= 0.3 is 0 Å². The molecule has 2 atom stereocenters. The molecule has 0 bridgehead atoms. The molecule has 0 spiro atoms. The SMILES string of the molecule is COc1ccc(CO)cc1CN1C(=O)C2CCCC2C1=O. The number of amides is 2. The van der Waals surface area contributed by atoms with Crippen LogP contribution in [0, 0.1) is 11.8 Å². The summed E-state index contributed by atoms with van der Waals surface area (Å²) in [5.74, 6) is 0.275. The highest BCUT2D eigenvalue weighted by Crippen LogP contribution is 2.40. The number of carbonyl (C=O) groups is 2. The number of ether oxygens (including phenoxy) is 1. The van der Waals surface area contributed by atoms with E-state index in [4.69, 9.17) is 4.74 Å². The van der Waals surface area contributed by atoms with E-state index in [0.29, 0.717) is 5.75 Å². The Hall–Kier alpha value is -1.88. The third kappa shape index (κ3) is 2.31. The van der Waals surface area contributed by atoms with Crippen molar-refractivity contribution in [1.29, 1.82) is 0 Å². The summed E-state index contributed by atoms with van der Waals surface area (Å²) in [5.41, 5.74) is 1.50. The quantitative estimate of drug-likeness (QED) is 0.852. The van der Waals surface area contributed by atoms with E-state index in [1.165, 1.54) is 4.90 Å². The van der Waals surface area contributed by atoms with Gasteiger partial charge in [-0.05, 0) is 30.5 Å². The molecule has 2 fully saturated rings. The van der Waals surface area contributed by atoms with Crippen molar-refractivity contribution in [3.63, 3.8) is 0 Å². The number of carbonyl (C=O) groups excluding carboxylic acids is 2. The number of hydrogen-bond donors (Lipinski definition) is 1. The zero-order chi connectivity index (χ0) is 15.0. The van der Waals surface area contributed by atoms with Crippen LogP contribution in [0.1, 0.15) is 30.4 Å². The molecule has 5 nitrogen and oxygen atoms in total. The first-order chi connectivity index (χ1) is 10.2. The lowest BCUT2D eigenvalue weighted by atomic mass is 10.00. The van der Waals surface area contributed by atoms with Crippen molar-refractivity contribution in [1.82, 2.24) is 4.90 Å². The van der Waals surface area contributed by atoms with Gasteiger partial charge in [0.15, 0.2) is 0 Å². The molecule has 0 aromatic heterocycles. The molecular formula is C16H19NO4. The molecule has 3 rings (SSSR count). The number of fused-ring (bicyclic) bond motifs is 1. The Balaban J connectivity index is 1.86. The molecular weight excluding hydrogens is 270 g/mol. The fourth-order valence-electron chi connectivity index (χ4n) is 3.44. The number of methoxy groups -OCH3 is 1. The van der Waals surface area contributed by atoms with Gasteiger partial charge in [0.05, 0.1) is 32.1 Å². The third-order valence-corrected chi connectivity index (χ3v) is 4.54. The fourth-order valence-corrected chi connectivity index (χ4v) is 3.44. The molecule has 1 aliphatic heterocycles. The summed E-state index contributed by atoms with van der Waals surface area (Å²) in [4.78, 5) is 26.1. The van der Waals surface area contributed by atoms with Crippen molar-refractivity contribution in [2.45, 2.75) is 32.4 Å². The van der Waals surface area contributed by atoms with E-state index in [1.807, 2.05) is 0 Å². The van der Waals surface area contributed by atoms with Gasteiger partial charge in [-0.15, -0.1) is 0 Å².